The summed E-state index contributed by atoms with van der Waals surface area (Å²) in [6.07, 6.45) is 3.54. The monoisotopic (exact) mass is 156 g/mol. The average molecular weight is 156 g/mol. The maximum atomic E-state index is 10.5. The molecule has 62 valence electrons. The molecule has 1 aliphatic carbocycles. The first-order valence-electron chi connectivity index (χ1n) is 3.70. The van der Waals surface area contributed by atoms with Gasteiger partial charge in [0.05, 0.1) is 12.0 Å². The minimum atomic E-state index is -0.797. The molecule has 0 aromatic rings. The highest BCUT2D eigenvalue weighted by Gasteiger charge is 2.26. The number of aliphatic hydroxyl groups is 1. The van der Waals surface area contributed by atoms with Gasteiger partial charge in [-0.15, -0.1) is 0 Å². The highest BCUT2D eigenvalue weighted by Crippen LogP contribution is 2.25. The Morgan fingerprint density at radius 3 is 2.64 bits per heavy atom. The molecular formula is C8H12O3. The quantitative estimate of drug-likeness (QED) is 0.577. The molecule has 2 N–H and O–H groups in total. The van der Waals surface area contributed by atoms with Crippen molar-refractivity contribution >= 4 is 5.97 Å². The Bertz CT molecular complexity index is 186. The molecule has 0 aliphatic heterocycles. The summed E-state index contributed by atoms with van der Waals surface area (Å²) < 4.78 is 0. The van der Waals surface area contributed by atoms with E-state index in [0.29, 0.717) is 6.42 Å². The molecule has 0 fully saturated rings. The van der Waals surface area contributed by atoms with Crippen LogP contribution < -0.4 is 0 Å². The zero-order valence-corrected chi connectivity index (χ0v) is 6.40. The van der Waals surface area contributed by atoms with Crippen molar-refractivity contribution in [3.05, 3.63) is 12.2 Å². The largest absolute Gasteiger partial charge is 0.481 e. The van der Waals surface area contributed by atoms with Gasteiger partial charge in [-0.05, 0) is 12.3 Å². The molecule has 0 bridgehead atoms. The fourth-order valence-electron chi connectivity index (χ4n) is 1.26. The predicted octanol–water partition coefficient (Wildman–Crippen LogP) is 0.644. The molecule has 1 aliphatic rings. The number of carboxylic acids is 1. The molecule has 11 heavy (non-hydrogen) atoms. The van der Waals surface area contributed by atoms with Crippen molar-refractivity contribution in [2.75, 3.05) is 0 Å². The summed E-state index contributed by atoms with van der Waals surface area (Å²) >= 11 is 0. The first kappa shape index (κ1) is 8.27. The van der Waals surface area contributed by atoms with Gasteiger partial charge in [0.1, 0.15) is 0 Å². The van der Waals surface area contributed by atoms with Crippen LogP contribution in [0.5, 0.6) is 0 Å². The summed E-state index contributed by atoms with van der Waals surface area (Å²) in [5.41, 5.74) is 0. The van der Waals surface area contributed by atoms with Crippen LogP contribution >= 0.6 is 0 Å². The topological polar surface area (TPSA) is 57.5 Å². The van der Waals surface area contributed by atoms with Gasteiger partial charge in [-0.2, -0.15) is 0 Å². The normalized spacial score (nSPS) is 32.2. The van der Waals surface area contributed by atoms with Crippen LogP contribution in [0.2, 0.25) is 0 Å². The van der Waals surface area contributed by atoms with Gasteiger partial charge in [-0.1, -0.05) is 19.1 Å². The van der Waals surface area contributed by atoms with Crippen molar-refractivity contribution < 1.29 is 15.0 Å². The Hall–Kier alpha value is -0.830. The van der Waals surface area contributed by atoms with Crippen molar-refractivity contribution in [1.82, 2.24) is 0 Å². The average Bonchev–Trinajstić information content (AvgIpc) is 2.34. The zero-order valence-electron chi connectivity index (χ0n) is 6.40. The lowest BCUT2D eigenvalue weighted by atomic mass is 9.93. The second kappa shape index (κ2) is 3.05. The zero-order chi connectivity index (χ0) is 8.43. The third-order valence-corrected chi connectivity index (χ3v) is 2.13. The van der Waals surface area contributed by atoms with E-state index in [0.717, 1.165) is 0 Å². The maximum absolute atomic E-state index is 10.5. The molecule has 0 spiro atoms. The molecule has 0 unspecified atom stereocenters. The number of carboxylic acid groups (broad SMARTS) is 1. The fourth-order valence-corrected chi connectivity index (χ4v) is 1.26. The van der Waals surface area contributed by atoms with Gasteiger partial charge in [-0.25, -0.2) is 0 Å². The van der Waals surface area contributed by atoms with Crippen molar-refractivity contribution in [3.8, 4) is 0 Å². The number of hydrogen-bond donors (Lipinski definition) is 2. The second-order valence-electron chi connectivity index (χ2n) is 2.98. The molecule has 3 heteroatoms. The SMILES string of the molecule is C[C@@H](C(=O)O)[C@@H]1C=C[C@H](O)C1. The molecular weight excluding hydrogens is 144 g/mol. The molecule has 0 saturated carbocycles. The molecule has 3 nitrogen and oxygen atoms in total. The minimum absolute atomic E-state index is 0.00231. The van der Waals surface area contributed by atoms with Crippen LogP contribution in [0.1, 0.15) is 13.3 Å². The summed E-state index contributed by atoms with van der Waals surface area (Å²) in [6.45, 7) is 1.66. The molecule has 0 radical (unpaired) electrons. The molecule has 0 amide bonds. The van der Waals surface area contributed by atoms with Crippen LogP contribution in [0.3, 0.4) is 0 Å². The standard InChI is InChI=1S/C8H12O3/c1-5(8(10)11)6-2-3-7(9)4-6/h2-3,5-7,9H,4H2,1H3,(H,10,11)/t5-,6-,7+/m1/s1. The van der Waals surface area contributed by atoms with Crippen LogP contribution in [0, 0.1) is 11.8 Å². The Morgan fingerprint density at radius 2 is 2.27 bits per heavy atom. The highest BCUT2D eigenvalue weighted by molar-refractivity contribution is 5.70. The summed E-state index contributed by atoms with van der Waals surface area (Å²) in [6, 6.07) is 0. The number of rotatable bonds is 2. The van der Waals surface area contributed by atoms with Gasteiger partial charge in [0.25, 0.3) is 0 Å². The molecule has 3 atom stereocenters. The van der Waals surface area contributed by atoms with E-state index < -0.39 is 12.1 Å². The third-order valence-electron chi connectivity index (χ3n) is 2.13. The summed E-state index contributed by atoms with van der Waals surface area (Å²) in [7, 11) is 0. The van der Waals surface area contributed by atoms with E-state index in [1.54, 1.807) is 19.1 Å². The van der Waals surface area contributed by atoms with Crippen molar-refractivity contribution in [3.63, 3.8) is 0 Å². The molecule has 0 aromatic heterocycles. The summed E-state index contributed by atoms with van der Waals surface area (Å²) in [4.78, 5) is 10.5. The summed E-state index contributed by atoms with van der Waals surface area (Å²) in [5, 5.41) is 17.7. The lowest BCUT2D eigenvalue weighted by Gasteiger charge is -2.12. The van der Waals surface area contributed by atoms with Gasteiger partial charge >= 0.3 is 5.97 Å². The molecule has 0 saturated heterocycles. The molecule has 0 aromatic carbocycles. The fraction of sp³-hybridized carbons (Fsp3) is 0.625. The van der Waals surface area contributed by atoms with E-state index in [1.165, 1.54) is 0 Å². The first-order valence-corrected chi connectivity index (χ1v) is 3.70. The number of allylic oxidation sites excluding steroid dienone is 1. The van der Waals surface area contributed by atoms with E-state index in [-0.39, 0.29) is 11.8 Å². The van der Waals surface area contributed by atoms with Crippen molar-refractivity contribution in [1.29, 1.82) is 0 Å². The van der Waals surface area contributed by atoms with Crippen molar-refractivity contribution in [2.24, 2.45) is 11.8 Å². The highest BCUT2D eigenvalue weighted by atomic mass is 16.4. The van der Waals surface area contributed by atoms with Crippen LogP contribution in [0.4, 0.5) is 0 Å². The lowest BCUT2D eigenvalue weighted by molar-refractivity contribution is -0.142. The Morgan fingerprint density at radius 1 is 1.64 bits per heavy atom. The van der Waals surface area contributed by atoms with Gasteiger partial charge in [0, 0.05) is 0 Å². The smallest absolute Gasteiger partial charge is 0.306 e. The number of carbonyl (C=O) groups is 1. The lowest BCUT2D eigenvalue weighted by Crippen LogP contribution is -2.19. The van der Waals surface area contributed by atoms with Gasteiger partial charge in [-0.3, -0.25) is 4.79 Å². The Balaban J connectivity index is 2.51. The van der Waals surface area contributed by atoms with Crippen LogP contribution in [0.25, 0.3) is 0 Å². The van der Waals surface area contributed by atoms with Crippen molar-refractivity contribution in [2.45, 2.75) is 19.4 Å². The summed E-state index contributed by atoms with van der Waals surface area (Å²) in [5.74, 6) is -1.18. The molecule has 1 rings (SSSR count). The second-order valence-corrected chi connectivity index (χ2v) is 2.98. The number of hydrogen-bond acceptors (Lipinski definition) is 2. The number of aliphatic hydroxyl groups excluding tert-OH is 1. The van der Waals surface area contributed by atoms with Gasteiger partial charge in [0.15, 0.2) is 0 Å². The van der Waals surface area contributed by atoms with Gasteiger partial charge < -0.3 is 10.2 Å². The van der Waals surface area contributed by atoms with E-state index in [4.69, 9.17) is 10.2 Å². The van der Waals surface area contributed by atoms with Crippen LogP contribution in [-0.4, -0.2) is 22.3 Å². The van der Waals surface area contributed by atoms with Crippen LogP contribution in [-0.2, 0) is 4.79 Å². The number of aliphatic carboxylic acids is 1. The predicted molar refractivity (Wildman–Crippen MR) is 40.1 cm³/mol. The minimum Gasteiger partial charge on any atom is -0.481 e. The van der Waals surface area contributed by atoms with E-state index >= 15 is 0 Å². The van der Waals surface area contributed by atoms with Crippen LogP contribution in [0.15, 0.2) is 12.2 Å². The maximum Gasteiger partial charge on any atom is 0.306 e. The van der Waals surface area contributed by atoms with E-state index in [9.17, 15) is 4.79 Å². The third kappa shape index (κ3) is 1.80. The molecule has 0 heterocycles. The first-order chi connectivity index (χ1) is 5.11. The van der Waals surface area contributed by atoms with E-state index in [2.05, 4.69) is 0 Å². The van der Waals surface area contributed by atoms with Gasteiger partial charge in [0.2, 0.25) is 0 Å². The Kier molecular flexibility index (Phi) is 2.29. The van der Waals surface area contributed by atoms with E-state index in [1.807, 2.05) is 0 Å². The Labute approximate surface area is 65.3 Å².